The summed E-state index contributed by atoms with van der Waals surface area (Å²) >= 11 is 0. The van der Waals surface area contributed by atoms with Gasteiger partial charge in [-0.05, 0) is 24.6 Å². The Morgan fingerprint density at radius 1 is 1.08 bits per heavy atom. The van der Waals surface area contributed by atoms with Crippen LogP contribution >= 0.6 is 0 Å². The summed E-state index contributed by atoms with van der Waals surface area (Å²) in [6.45, 7) is 1.89. The molecular weight excluding hydrogens is 336 g/mol. The van der Waals surface area contributed by atoms with Gasteiger partial charge in [0.05, 0.1) is 17.7 Å². The molecule has 1 aliphatic rings. The van der Waals surface area contributed by atoms with Crippen molar-refractivity contribution >= 4 is 22.6 Å². The summed E-state index contributed by atoms with van der Waals surface area (Å²) in [6, 6.07) is 17.5. The fourth-order valence-electron chi connectivity index (χ4n) is 2.86. The van der Waals surface area contributed by atoms with Gasteiger partial charge >= 0.3 is 0 Å². The minimum absolute atomic E-state index is 0.0888. The van der Waals surface area contributed by atoms with Gasteiger partial charge < -0.3 is 10.2 Å². The first-order valence-corrected chi connectivity index (χ1v) is 9.61. The molecule has 0 spiro atoms. The van der Waals surface area contributed by atoms with Gasteiger partial charge in [0.25, 0.3) is 5.91 Å². The normalized spacial score (nSPS) is 20.9. The van der Waals surface area contributed by atoms with Crippen LogP contribution in [0, 0.1) is 0 Å². The van der Waals surface area contributed by atoms with E-state index in [0.717, 1.165) is 5.56 Å². The average Bonchev–Trinajstić information content (AvgIpc) is 3.04. The van der Waals surface area contributed by atoms with Crippen molar-refractivity contribution in [2.24, 2.45) is 0 Å². The van der Waals surface area contributed by atoms with E-state index < -0.39 is 16.8 Å². The van der Waals surface area contributed by atoms with Crippen LogP contribution in [0.1, 0.15) is 28.9 Å². The summed E-state index contributed by atoms with van der Waals surface area (Å²) in [6.07, 6.45) is 0. The molecule has 0 aliphatic carbocycles. The van der Waals surface area contributed by atoms with Crippen LogP contribution in [0.4, 0.5) is 0 Å². The molecule has 5 nitrogen and oxygen atoms in total. The highest BCUT2D eigenvalue weighted by atomic mass is 32.2. The summed E-state index contributed by atoms with van der Waals surface area (Å²) in [5.41, 5.74) is 1.48. The Bertz CT molecular complexity index is 780. The average molecular weight is 356 g/mol. The van der Waals surface area contributed by atoms with Crippen molar-refractivity contribution in [1.29, 1.82) is 0 Å². The molecule has 6 heteroatoms. The zero-order chi connectivity index (χ0) is 17.8. The van der Waals surface area contributed by atoms with Crippen molar-refractivity contribution in [3.63, 3.8) is 0 Å². The minimum atomic E-state index is -1.21. The molecule has 1 N–H and O–H groups in total. The predicted molar refractivity (Wildman–Crippen MR) is 97.3 cm³/mol. The van der Waals surface area contributed by atoms with Crippen LogP contribution in [-0.2, 0) is 15.6 Å². The number of nitrogens with one attached hydrogen (secondary N) is 1. The summed E-state index contributed by atoms with van der Waals surface area (Å²) in [7, 11) is -1.21. The highest BCUT2D eigenvalue weighted by Crippen LogP contribution is 2.19. The van der Waals surface area contributed by atoms with E-state index in [4.69, 9.17) is 0 Å². The highest BCUT2D eigenvalue weighted by Gasteiger charge is 2.38. The number of carbonyl (C=O) groups is 2. The van der Waals surface area contributed by atoms with Gasteiger partial charge in [-0.1, -0.05) is 48.5 Å². The van der Waals surface area contributed by atoms with E-state index in [0.29, 0.717) is 5.56 Å². The first-order valence-electron chi connectivity index (χ1n) is 8.12. The number of carbonyl (C=O) groups excluding carboxylic acids is 2. The van der Waals surface area contributed by atoms with Crippen LogP contribution in [0.25, 0.3) is 0 Å². The molecule has 130 valence electrons. The second-order valence-electron chi connectivity index (χ2n) is 6.03. The summed E-state index contributed by atoms with van der Waals surface area (Å²) < 4.78 is 12.0. The van der Waals surface area contributed by atoms with Crippen molar-refractivity contribution in [2.45, 2.75) is 19.0 Å². The maximum Gasteiger partial charge on any atom is 0.255 e. The van der Waals surface area contributed by atoms with Gasteiger partial charge in [-0.15, -0.1) is 0 Å². The molecule has 2 aromatic carbocycles. The lowest BCUT2D eigenvalue weighted by Gasteiger charge is -2.24. The van der Waals surface area contributed by atoms with E-state index in [2.05, 4.69) is 5.32 Å². The van der Waals surface area contributed by atoms with E-state index in [1.807, 2.05) is 43.3 Å². The molecule has 1 heterocycles. The van der Waals surface area contributed by atoms with Crippen LogP contribution in [-0.4, -0.2) is 38.6 Å². The van der Waals surface area contributed by atoms with Crippen molar-refractivity contribution < 1.29 is 13.8 Å². The fraction of sp³-hybridized carbons (Fsp3) is 0.263. The van der Waals surface area contributed by atoms with E-state index in [1.54, 1.807) is 24.3 Å². The molecule has 3 rings (SSSR count). The van der Waals surface area contributed by atoms with Gasteiger partial charge in [0, 0.05) is 16.4 Å². The van der Waals surface area contributed by atoms with Crippen molar-refractivity contribution in [3.05, 3.63) is 71.8 Å². The number of hydrogen-bond acceptors (Lipinski definition) is 3. The standard InChI is InChI=1S/C19H20N2O3S/c1-14(15-8-4-2-5-9-15)20-18(22)17-12-25(24)13-21(17)19(23)16-10-6-3-7-11-16/h2-11,14,17H,12-13H2,1H3,(H,20,22)/t14?,17-,25?/m0/s1. The van der Waals surface area contributed by atoms with Crippen LogP contribution < -0.4 is 5.32 Å². The predicted octanol–water partition coefficient (Wildman–Crippen LogP) is 2.09. The highest BCUT2D eigenvalue weighted by molar-refractivity contribution is 7.85. The van der Waals surface area contributed by atoms with Gasteiger partial charge in [0.1, 0.15) is 6.04 Å². The summed E-state index contributed by atoms with van der Waals surface area (Å²) in [5.74, 6) is -0.275. The first kappa shape index (κ1) is 17.4. The molecule has 1 fully saturated rings. The molecule has 2 aromatic rings. The van der Waals surface area contributed by atoms with Crippen LogP contribution in [0.15, 0.2) is 60.7 Å². The Kier molecular flexibility index (Phi) is 5.28. The largest absolute Gasteiger partial charge is 0.348 e. The lowest BCUT2D eigenvalue weighted by molar-refractivity contribution is -0.125. The fourth-order valence-corrected chi connectivity index (χ4v) is 4.26. The van der Waals surface area contributed by atoms with Crippen LogP contribution in [0.2, 0.25) is 0 Å². The number of nitrogens with zero attached hydrogens (tertiary/aromatic N) is 1. The molecule has 0 bridgehead atoms. The lowest BCUT2D eigenvalue weighted by Crippen LogP contribution is -2.47. The van der Waals surface area contributed by atoms with Gasteiger partial charge in [-0.2, -0.15) is 0 Å². The molecule has 3 atom stereocenters. The van der Waals surface area contributed by atoms with Gasteiger partial charge in [0.15, 0.2) is 0 Å². The topological polar surface area (TPSA) is 66.5 Å². The maximum absolute atomic E-state index is 12.7. The molecule has 0 radical (unpaired) electrons. The Morgan fingerprint density at radius 2 is 1.68 bits per heavy atom. The van der Waals surface area contributed by atoms with Crippen molar-refractivity contribution in [2.75, 3.05) is 11.6 Å². The molecule has 0 aromatic heterocycles. The monoisotopic (exact) mass is 356 g/mol. The lowest BCUT2D eigenvalue weighted by atomic mass is 10.1. The third-order valence-corrected chi connectivity index (χ3v) is 5.50. The van der Waals surface area contributed by atoms with E-state index in [1.165, 1.54) is 4.90 Å². The third kappa shape index (κ3) is 3.96. The van der Waals surface area contributed by atoms with Crippen molar-refractivity contribution in [1.82, 2.24) is 10.2 Å². The second kappa shape index (κ2) is 7.61. The molecular formula is C19H20N2O3S. The number of rotatable bonds is 4. The third-order valence-electron chi connectivity index (χ3n) is 4.25. The second-order valence-corrected chi connectivity index (χ2v) is 7.50. The number of hydrogen-bond donors (Lipinski definition) is 1. The molecule has 1 aliphatic heterocycles. The van der Waals surface area contributed by atoms with Crippen LogP contribution in [0.5, 0.6) is 0 Å². The molecule has 2 unspecified atom stereocenters. The van der Waals surface area contributed by atoms with E-state index >= 15 is 0 Å². The number of benzene rings is 2. The quantitative estimate of drug-likeness (QED) is 0.912. The van der Waals surface area contributed by atoms with Gasteiger partial charge in [-0.25, -0.2) is 0 Å². The summed E-state index contributed by atoms with van der Waals surface area (Å²) in [4.78, 5) is 26.8. The SMILES string of the molecule is CC(NC(=O)[C@@H]1CS(=O)CN1C(=O)c1ccccc1)c1ccccc1. The smallest absolute Gasteiger partial charge is 0.255 e. The minimum Gasteiger partial charge on any atom is -0.348 e. The van der Waals surface area contributed by atoms with Crippen molar-refractivity contribution in [3.8, 4) is 0 Å². The van der Waals surface area contributed by atoms with Gasteiger partial charge in [0.2, 0.25) is 5.91 Å². The Balaban J connectivity index is 1.74. The Hall–Kier alpha value is -2.47. The van der Waals surface area contributed by atoms with E-state index in [9.17, 15) is 13.8 Å². The molecule has 1 saturated heterocycles. The van der Waals surface area contributed by atoms with Crippen LogP contribution in [0.3, 0.4) is 0 Å². The Morgan fingerprint density at radius 3 is 2.32 bits per heavy atom. The van der Waals surface area contributed by atoms with E-state index in [-0.39, 0.29) is 29.5 Å². The summed E-state index contributed by atoms with van der Waals surface area (Å²) in [5, 5.41) is 2.93. The molecule has 0 saturated carbocycles. The zero-order valence-corrected chi connectivity index (χ0v) is 14.7. The molecule has 2 amide bonds. The number of amides is 2. The maximum atomic E-state index is 12.7. The van der Waals surface area contributed by atoms with Gasteiger partial charge in [-0.3, -0.25) is 13.8 Å². The molecule has 25 heavy (non-hydrogen) atoms. The Labute approximate surface area is 149 Å². The zero-order valence-electron chi connectivity index (χ0n) is 13.9. The first-order chi connectivity index (χ1) is 12.1.